The number of Topliss-reactive ketones (excluding diaryl/α,β-unsaturated/α-hetero) is 1. The number of nitrogens with one attached hydrogen (secondary N) is 1. The van der Waals surface area contributed by atoms with E-state index in [4.69, 9.17) is 4.74 Å². The van der Waals surface area contributed by atoms with Crippen LogP contribution < -0.4 is 5.32 Å². The summed E-state index contributed by atoms with van der Waals surface area (Å²) in [5.74, 6) is -0.418. The third-order valence-electron chi connectivity index (χ3n) is 4.26. The first-order chi connectivity index (χ1) is 14.9. The summed E-state index contributed by atoms with van der Waals surface area (Å²) < 4.78 is 5.19. The van der Waals surface area contributed by atoms with E-state index in [0.29, 0.717) is 22.4 Å². The lowest BCUT2D eigenvalue weighted by Gasteiger charge is -2.10. The number of hydrogen-bond donors (Lipinski definition) is 1. The van der Waals surface area contributed by atoms with Crippen molar-refractivity contribution in [1.82, 2.24) is 0 Å². The molecule has 0 atom stereocenters. The number of ketones is 1. The zero-order valence-corrected chi connectivity index (χ0v) is 18.1. The maximum atomic E-state index is 12.7. The standard InChI is InChI=1S/C25H23NO4S/c1-17(2)30-25(29)20-11-6-12-21(14-20)26-24(28)19-10-7-13-22(15-19)31-16-23(27)18-8-4-3-5-9-18/h3-15,17H,16H2,1-2H3,(H,26,28). The Labute approximate surface area is 185 Å². The molecule has 0 saturated heterocycles. The van der Waals surface area contributed by atoms with Crippen molar-refractivity contribution in [2.75, 3.05) is 11.1 Å². The van der Waals surface area contributed by atoms with E-state index in [1.807, 2.05) is 24.3 Å². The number of ether oxygens (including phenoxy) is 1. The number of benzene rings is 3. The van der Waals surface area contributed by atoms with Crippen LogP contribution in [0.25, 0.3) is 0 Å². The number of anilines is 1. The van der Waals surface area contributed by atoms with Crippen LogP contribution in [0.4, 0.5) is 5.69 Å². The predicted octanol–water partition coefficient (Wildman–Crippen LogP) is 5.48. The monoisotopic (exact) mass is 433 g/mol. The van der Waals surface area contributed by atoms with Gasteiger partial charge in [-0.25, -0.2) is 4.79 Å². The lowest BCUT2D eigenvalue weighted by Crippen LogP contribution is -2.14. The van der Waals surface area contributed by atoms with Gasteiger partial charge in [0, 0.05) is 21.7 Å². The van der Waals surface area contributed by atoms with Crippen LogP contribution in [0.5, 0.6) is 0 Å². The minimum absolute atomic E-state index is 0.0329. The van der Waals surface area contributed by atoms with Gasteiger partial charge in [-0.05, 0) is 50.2 Å². The zero-order chi connectivity index (χ0) is 22.2. The van der Waals surface area contributed by atoms with Crippen LogP contribution in [-0.2, 0) is 4.74 Å². The molecule has 3 rings (SSSR count). The van der Waals surface area contributed by atoms with Crippen LogP contribution >= 0.6 is 11.8 Å². The lowest BCUT2D eigenvalue weighted by molar-refractivity contribution is 0.0377. The van der Waals surface area contributed by atoms with Gasteiger partial charge in [-0.2, -0.15) is 0 Å². The molecule has 158 valence electrons. The third-order valence-corrected chi connectivity index (χ3v) is 5.25. The van der Waals surface area contributed by atoms with Crippen LogP contribution in [-0.4, -0.2) is 29.5 Å². The van der Waals surface area contributed by atoms with Crippen LogP contribution in [0.3, 0.4) is 0 Å². The first kappa shape index (κ1) is 22.3. The van der Waals surface area contributed by atoms with E-state index in [1.165, 1.54) is 11.8 Å². The summed E-state index contributed by atoms with van der Waals surface area (Å²) in [6, 6.07) is 22.8. The summed E-state index contributed by atoms with van der Waals surface area (Å²) in [6.07, 6.45) is -0.222. The topological polar surface area (TPSA) is 72.5 Å². The van der Waals surface area contributed by atoms with Gasteiger partial charge < -0.3 is 10.1 Å². The highest BCUT2D eigenvalue weighted by atomic mass is 32.2. The predicted molar refractivity (Wildman–Crippen MR) is 123 cm³/mol. The van der Waals surface area contributed by atoms with E-state index in [1.54, 1.807) is 68.4 Å². The molecule has 0 aliphatic carbocycles. The van der Waals surface area contributed by atoms with Crippen molar-refractivity contribution in [3.05, 3.63) is 95.6 Å². The number of esters is 1. The Hall–Kier alpha value is -3.38. The van der Waals surface area contributed by atoms with Crippen molar-refractivity contribution >= 4 is 35.1 Å². The molecule has 0 spiro atoms. The van der Waals surface area contributed by atoms with Crippen molar-refractivity contribution in [1.29, 1.82) is 0 Å². The Bertz CT molecular complexity index is 1080. The van der Waals surface area contributed by atoms with E-state index in [2.05, 4.69) is 5.32 Å². The highest BCUT2D eigenvalue weighted by molar-refractivity contribution is 8.00. The van der Waals surface area contributed by atoms with Gasteiger partial charge in [0.15, 0.2) is 5.78 Å². The summed E-state index contributed by atoms with van der Waals surface area (Å²) in [6.45, 7) is 3.56. The van der Waals surface area contributed by atoms with Gasteiger partial charge in [-0.1, -0.05) is 42.5 Å². The van der Waals surface area contributed by atoms with E-state index < -0.39 is 5.97 Å². The van der Waals surface area contributed by atoms with Gasteiger partial charge >= 0.3 is 5.97 Å². The number of rotatable bonds is 8. The zero-order valence-electron chi connectivity index (χ0n) is 17.3. The van der Waals surface area contributed by atoms with Crippen molar-refractivity contribution in [2.45, 2.75) is 24.8 Å². The van der Waals surface area contributed by atoms with E-state index >= 15 is 0 Å². The summed E-state index contributed by atoms with van der Waals surface area (Å²) in [7, 11) is 0. The van der Waals surface area contributed by atoms with Gasteiger partial charge in [0.2, 0.25) is 0 Å². The van der Waals surface area contributed by atoms with E-state index in [0.717, 1.165) is 4.90 Å². The Kier molecular flexibility index (Phi) is 7.62. The van der Waals surface area contributed by atoms with Crippen LogP contribution in [0.2, 0.25) is 0 Å². The molecule has 31 heavy (non-hydrogen) atoms. The van der Waals surface area contributed by atoms with Crippen LogP contribution in [0, 0.1) is 0 Å². The molecule has 5 nitrogen and oxygen atoms in total. The molecule has 0 heterocycles. The average Bonchev–Trinajstić information content (AvgIpc) is 2.78. The fourth-order valence-electron chi connectivity index (χ4n) is 2.79. The second kappa shape index (κ2) is 10.6. The fourth-order valence-corrected chi connectivity index (χ4v) is 3.64. The second-order valence-electron chi connectivity index (χ2n) is 7.09. The summed E-state index contributed by atoms with van der Waals surface area (Å²) in [5, 5.41) is 2.80. The van der Waals surface area contributed by atoms with Gasteiger partial charge in [0.1, 0.15) is 0 Å². The second-order valence-corrected chi connectivity index (χ2v) is 8.14. The number of carbonyl (C=O) groups excluding carboxylic acids is 3. The van der Waals surface area contributed by atoms with Gasteiger partial charge in [0.25, 0.3) is 5.91 Å². The fraction of sp³-hybridized carbons (Fsp3) is 0.160. The molecule has 6 heteroatoms. The molecule has 0 fully saturated rings. The first-order valence-electron chi connectivity index (χ1n) is 9.86. The SMILES string of the molecule is CC(C)OC(=O)c1cccc(NC(=O)c2cccc(SCC(=O)c3ccccc3)c2)c1. The molecule has 0 aliphatic rings. The molecule has 1 amide bonds. The summed E-state index contributed by atoms with van der Waals surface area (Å²) in [5.41, 5.74) is 2.00. The Morgan fingerprint density at radius 2 is 1.52 bits per heavy atom. The molecular weight excluding hydrogens is 410 g/mol. The quantitative estimate of drug-likeness (QED) is 0.289. The van der Waals surface area contributed by atoms with Gasteiger partial charge in [0.05, 0.1) is 17.4 Å². The molecule has 0 saturated carbocycles. The molecule has 0 aliphatic heterocycles. The molecule has 3 aromatic rings. The molecule has 0 unspecified atom stereocenters. The van der Waals surface area contributed by atoms with Crippen molar-refractivity contribution in [3.63, 3.8) is 0 Å². The highest BCUT2D eigenvalue weighted by Gasteiger charge is 2.12. The highest BCUT2D eigenvalue weighted by Crippen LogP contribution is 2.21. The van der Waals surface area contributed by atoms with Gasteiger partial charge in [-0.3, -0.25) is 9.59 Å². The number of carbonyl (C=O) groups is 3. The summed E-state index contributed by atoms with van der Waals surface area (Å²) in [4.78, 5) is 37.9. The molecule has 0 radical (unpaired) electrons. The largest absolute Gasteiger partial charge is 0.459 e. The Morgan fingerprint density at radius 3 is 2.26 bits per heavy atom. The number of thioether (sulfide) groups is 1. The van der Waals surface area contributed by atoms with Crippen molar-refractivity contribution in [2.24, 2.45) is 0 Å². The van der Waals surface area contributed by atoms with Crippen LogP contribution in [0.15, 0.2) is 83.8 Å². The smallest absolute Gasteiger partial charge is 0.338 e. The van der Waals surface area contributed by atoms with E-state index in [9.17, 15) is 14.4 Å². The lowest BCUT2D eigenvalue weighted by atomic mass is 10.1. The number of amides is 1. The minimum Gasteiger partial charge on any atom is -0.459 e. The maximum absolute atomic E-state index is 12.7. The molecule has 0 aromatic heterocycles. The minimum atomic E-state index is -0.437. The molecule has 1 N–H and O–H groups in total. The van der Waals surface area contributed by atoms with E-state index in [-0.39, 0.29) is 23.5 Å². The summed E-state index contributed by atoms with van der Waals surface area (Å²) >= 11 is 1.38. The van der Waals surface area contributed by atoms with Crippen molar-refractivity contribution in [3.8, 4) is 0 Å². The average molecular weight is 434 g/mol. The number of hydrogen-bond acceptors (Lipinski definition) is 5. The normalized spacial score (nSPS) is 10.5. The van der Waals surface area contributed by atoms with Crippen LogP contribution in [0.1, 0.15) is 44.9 Å². The molecule has 3 aromatic carbocycles. The first-order valence-corrected chi connectivity index (χ1v) is 10.8. The third kappa shape index (κ3) is 6.55. The Balaban J connectivity index is 1.64. The molecule has 0 bridgehead atoms. The van der Waals surface area contributed by atoms with Gasteiger partial charge in [-0.15, -0.1) is 11.8 Å². The van der Waals surface area contributed by atoms with Crippen molar-refractivity contribution < 1.29 is 19.1 Å². The molecular formula is C25H23NO4S. The Morgan fingerprint density at radius 1 is 0.839 bits per heavy atom. The maximum Gasteiger partial charge on any atom is 0.338 e.